The molecule has 0 amide bonds. The largest absolute Gasteiger partial charge is 0.491 e. The van der Waals surface area contributed by atoms with Crippen LogP contribution in [0.3, 0.4) is 0 Å². The number of aliphatic hydroxyl groups is 1. The van der Waals surface area contributed by atoms with Crippen LogP contribution in [0.1, 0.15) is 22.8 Å². The van der Waals surface area contributed by atoms with Crippen molar-refractivity contribution >= 4 is 0 Å². The van der Waals surface area contributed by atoms with Crippen LogP contribution in [0.15, 0.2) is 48.5 Å². The number of halogens is 3. The molecule has 0 saturated carbocycles. The molecule has 0 aliphatic heterocycles. The molecule has 0 heterocycles. The van der Waals surface area contributed by atoms with Gasteiger partial charge in [-0.1, -0.05) is 24.3 Å². The molecule has 0 aliphatic rings. The normalized spacial score (nSPS) is 13.0. The molecule has 0 spiro atoms. The zero-order valence-electron chi connectivity index (χ0n) is 11.4. The Hall–Kier alpha value is -2.01. The van der Waals surface area contributed by atoms with Crippen molar-refractivity contribution < 1.29 is 23.0 Å². The van der Waals surface area contributed by atoms with E-state index in [-0.39, 0.29) is 6.61 Å². The Morgan fingerprint density at radius 3 is 2.33 bits per heavy atom. The van der Waals surface area contributed by atoms with E-state index in [1.165, 1.54) is 13.0 Å². The average Bonchev–Trinajstić information content (AvgIpc) is 2.45. The lowest BCUT2D eigenvalue weighted by molar-refractivity contribution is -0.137. The molecular weight excluding hydrogens is 281 g/mol. The molecule has 0 bridgehead atoms. The summed E-state index contributed by atoms with van der Waals surface area (Å²) in [5, 5.41) is 10.1. The molecule has 1 atom stereocenters. The number of hydrogen-bond acceptors (Lipinski definition) is 2. The molecule has 5 heteroatoms. The van der Waals surface area contributed by atoms with Gasteiger partial charge in [0.25, 0.3) is 0 Å². The first-order valence-corrected chi connectivity index (χ1v) is 6.41. The number of hydrogen-bond donors (Lipinski definition) is 1. The van der Waals surface area contributed by atoms with Gasteiger partial charge in [-0.3, -0.25) is 0 Å². The first-order chi connectivity index (χ1) is 9.88. The monoisotopic (exact) mass is 296 g/mol. The lowest BCUT2D eigenvalue weighted by Gasteiger charge is -2.16. The summed E-state index contributed by atoms with van der Waals surface area (Å²) in [6, 6.07) is 12.2. The Kier molecular flexibility index (Phi) is 4.53. The molecule has 0 fully saturated rings. The number of ether oxygens (including phenoxy) is 1. The van der Waals surface area contributed by atoms with Crippen LogP contribution in [0.25, 0.3) is 0 Å². The molecule has 2 aromatic rings. The van der Waals surface area contributed by atoms with Gasteiger partial charge in [0, 0.05) is 0 Å². The van der Waals surface area contributed by atoms with Crippen molar-refractivity contribution in [2.24, 2.45) is 0 Å². The molecule has 0 aliphatic carbocycles. The summed E-state index contributed by atoms with van der Waals surface area (Å²) in [6.07, 6.45) is -5.36. The molecule has 0 aromatic heterocycles. The molecule has 2 nitrogen and oxygen atoms in total. The first kappa shape index (κ1) is 15.4. The first-order valence-electron chi connectivity index (χ1n) is 6.41. The average molecular weight is 296 g/mol. The minimum atomic E-state index is -4.38. The fraction of sp³-hybridized carbons (Fsp3) is 0.250. The SMILES string of the molecule is Cc1cc(C(F)(F)F)ccc1C(O)COc1ccccc1. The van der Waals surface area contributed by atoms with Crippen molar-refractivity contribution in [3.8, 4) is 5.75 Å². The van der Waals surface area contributed by atoms with Crippen molar-refractivity contribution in [3.63, 3.8) is 0 Å². The van der Waals surface area contributed by atoms with Crippen molar-refractivity contribution in [3.05, 3.63) is 65.2 Å². The molecule has 2 rings (SSSR count). The Morgan fingerprint density at radius 1 is 1.10 bits per heavy atom. The van der Waals surface area contributed by atoms with Crippen LogP contribution < -0.4 is 4.74 Å². The van der Waals surface area contributed by atoms with Gasteiger partial charge >= 0.3 is 6.18 Å². The van der Waals surface area contributed by atoms with Crippen LogP contribution >= 0.6 is 0 Å². The number of rotatable bonds is 4. The number of alkyl halides is 3. The second-order valence-electron chi connectivity index (χ2n) is 4.71. The lowest BCUT2D eigenvalue weighted by atomic mass is 10.0. The van der Waals surface area contributed by atoms with Crippen LogP contribution in [-0.4, -0.2) is 11.7 Å². The predicted octanol–water partition coefficient (Wildman–Crippen LogP) is 4.13. The maximum atomic E-state index is 12.6. The quantitative estimate of drug-likeness (QED) is 0.919. The summed E-state index contributed by atoms with van der Waals surface area (Å²) in [5.41, 5.74) is 0.0906. The second kappa shape index (κ2) is 6.18. The Labute approximate surface area is 120 Å². The van der Waals surface area contributed by atoms with Gasteiger partial charge in [0.2, 0.25) is 0 Å². The highest BCUT2D eigenvalue weighted by molar-refractivity contribution is 5.34. The van der Waals surface area contributed by atoms with Gasteiger partial charge in [-0.05, 0) is 42.3 Å². The van der Waals surface area contributed by atoms with Crippen molar-refractivity contribution in [1.29, 1.82) is 0 Å². The fourth-order valence-corrected chi connectivity index (χ4v) is 2.01. The number of aryl methyl sites for hydroxylation is 1. The Balaban J connectivity index is 2.07. The van der Waals surface area contributed by atoms with Crippen LogP contribution in [0, 0.1) is 6.92 Å². The topological polar surface area (TPSA) is 29.5 Å². The smallest absolute Gasteiger partial charge is 0.416 e. The molecule has 21 heavy (non-hydrogen) atoms. The Morgan fingerprint density at radius 2 is 1.76 bits per heavy atom. The predicted molar refractivity (Wildman–Crippen MR) is 73.1 cm³/mol. The van der Waals surface area contributed by atoms with Gasteiger partial charge < -0.3 is 9.84 Å². The van der Waals surface area contributed by atoms with E-state index in [0.717, 1.165) is 12.1 Å². The summed E-state index contributed by atoms with van der Waals surface area (Å²) < 4.78 is 43.2. The van der Waals surface area contributed by atoms with Gasteiger partial charge in [0.1, 0.15) is 18.5 Å². The van der Waals surface area contributed by atoms with Crippen molar-refractivity contribution in [1.82, 2.24) is 0 Å². The summed E-state index contributed by atoms with van der Waals surface area (Å²) >= 11 is 0. The maximum absolute atomic E-state index is 12.6. The zero-order valence-corrected chi connectivity index (χ0v) is 11.4. The van der Waals surface area contributed by atoms with E-state index in [1.807, 2.05) is 6.07 Å². The van der Waals surface area contributed by atoms with E-state index in [1.54, 1.807) is 24.3 Å². The van der Waals surface area contributed by atoms with Gasteiger partial charge in [-0.2, -0.15) is 13.2 Å². The van der Waals surface area contributed by atoms with E-state index in [4.69, 9.17) is 4.74 Å². The van der Waals surface area contributed by atoms with Gasteiger partial charge in [0.05, 0.1) is 5.56 Å². The molecule has 0 radical (unpaired) electrons. The molecule has 112 valence electrons. The zero-order chi connectivity index (χ0) is 15.5. The molecule has 2 aromatic carbocycles. The standard InChI is InChI=1S/C16H15F3O2/c1-11-9-12(16(17,18)19)7-8-14(11)15(20)10-21-13-5-3-2-4-6-13/h2-9,15,20H,10H2,1H3. The van der Waals surface area contributed by atoms with E-state index >= 15 is 0 Å². The highest BCUT2D eigenvalue weighted by Gasteiger charge is 2.31. The number of benzene rings is 2. The van der Waals surface area contributed by atoms with Crippen LogP contribution in [0.5, 0.6) is 5.75 Å². The maximum Gasteiger partial charge on any atom is 0.416 e. The van der Waals surface area contributed by atoms with Crippen LogP contribution in [-0.2, 0) is 6.18 Å². The van der Waals surface area contributed by atoms with Crippen molar-refractivity contribution in [2.45, 2.75) is 19.2 Å². The fourth-order valence-electron chi connectivity index (χ4n) is 2.01. The summed E-state index contributed by atoms with van der Waals surface area (Å²) in [7, 11) is 0. The van der Waals surface area contributed by atoms with Gasteiger partial charge in [-0.25, -0.2) is 0 Å². The van der Waals surface area contributed by atoms with Crippen molar-refractivity contribution in [2.75, 3.05) is 6.61 Å². The summed E-state index contributed by atoms with van der Waals surface area (Å²) in [4.78, 5) is 0. The minimum absolute atomic E-state index is 0.0176. The summed E-state index contributed by atoms with van der Waals surface area (Å²) in [5.74, 6) is 0.598. The summed E-state index contributed by atoms with van der Waals surface area (Å²) in [6.45, 7) is 1.52. The number of para-hydroxylation sites is 1. The second-order valence-corrected chi connectivity index (χ2v) is 4.71. The third kappa shape index (κ3) is 3.98. The molecule has 1 unspecified atom stereocenters. The third-order valence-corrected chi connectivity index (χ3v) is 3.11. The van der Waals surface area contributed by atoms with Gasteiger partial charge in [-0.15, -0.1) is 0 Å². The van der Waals surface area contributed by atoms with Gasteiger partial charge in [0.15, 0.2) is 0 Å². The highest BCUT2D eigenvalue weighted by Crippen LogP contribution is 2.31. The van der Waals surface area contributed by atoms with E-state index in [9.17, 15) is 18.3 Å². The van der Waals surface area contributed by atoms with E-state index in [0.29, 0.717) is 16.9 Å². The third-order valence-electron chi connectivity index (χ3n) is 3.11. The molecular formula is C16H15F3O2. The minimum Gasteiger partial charge on any atom is -0.491 e. The van der Waals surface area contributed by atoms with Crippen LogP contribution in [0.4, 0.5) is 13.2 Å². The van der Waals surface area contributed by atoms with E-state index < -0.39 is 17.8 Å². The molecule has 1 N–H and O–H groups in total. The lowest BCUT2D eigenvalue weighted by Crippen LogP contribution is -2.12. The highest BCUT2D eigenvalue weighted by atomic mass is 19.4. The Bertz CT molecular complexity index is 594. The van der Waals surface area contributed by atoms with Crippen LogP contribution in [0.2, 0.25) is 0 Å². The number of aliphatic hydroxyl groups excluding tert-OH is 1. The van der Waals surface area contributed by atoms with E-state index in [2.05, 4.69) is 0 Å². The molecule has 0 saturated heterocycles.